The van der Waals surface area contributed by atoms with E-state index in [2.05, 4.69) is 24.1 Å². The Morgan fingerprint density at radius 3 is 2.58 bits per heavy atom. The number of nitrogens with zero attached hydrogens (tertiary/aromatic N) is 2. The molecule has 0 saturated carbocycles. The van der Waals surface area contributed by atoms with E-state index in [4.69, 9.17) is 14.2 Å². The Balaban J connectivity index is 2.28. The SMILES string of the molecule is CCCCOc1cc([N+]#N)c(OCCCC)c(C2COCCN2)c1. The molecule has 0 aliphatic carbocycles. The van der Waals surface area contributed by atoms with Gasteiger partial charge in [-0.05, 0) is 18.9 Å². The summed E-state index contributed by atoms with van der Waals surface area (Å²) < 4.78 is 17.3. The summed E-state index contributed by atoms with van der Waals surface area (Å²) in [4.78, 5) is 3.42. The van der Waals surface area contributed by atoms with Crippen molar-refractivity contribution in [1.82, 2.24) is 5.32 Å². The number of benzene rings is 1. The van der Waals surface area contributed by atoms with Crippen molar-refractivity contribution in [2.45, 2.75) is 45.6 Å². The molecule has 1 aliphatic rings. The van der Waals surface area contributed by atoms with E-state index in [1.54, 1.807) is 6.07 Å². The number of rotatable bonds is 9. The van der Waals surface area contributed by atoms with Crippen LogP contribution in [0, 0.1) is 5.39 Å². The van der Waals surface area contributed by atoms with Crippen LogP contribution in [-0.2, 0) is 4.74 Å². The van der Waals surface area contributed by atoms with E-state index < -0.39 is 0 Å². The average Bonchev–Trinajstić information content (AvgIpc) is 2.63. The van der Waals surface area contributed by atoms with Gasteiger partial charge in [-0.2, -0.15) is 0 Å². The van der Waals surface area contributed by atoms with E-state index in [9.17, 15) is 5.39 Å². The van der Waals surface area contributed by atoms with Gasteiger partial charge in [-0.25, -0.2) is 0 Å². The topological polar surface area (TPSA) is 67.9 Å². The molecule has 0 aromatic heterocycles. The van der Waals surface area contributed by atoms with E-state index in [-0.39, 0.29) is 6.04 Å². The maximum absolute atomic E-state index is 9.43. The lowest BCUT2D eigenvalue weighted by Crippen LogP contribution is -2.34. The van der Waals surface area contributed by atoms with Crippen molar-refractivity contribution in [3.05, 3.63) is 22.7 Å². The van der Waals surface area contributed by atoms with Crippen LogP contribution in [0.25, 0.3) is 4.98 Å². The molecule has 1 aliphatic heterocycles. The third kappa shape index (κ3) is 5.08. The average molecular weight is 334 g/mol. The second-order valence-corrected chi connectivity index (χ2v) is 5.95. The Bertz CT molecular complexity index is 551. The smallest absolute Gasteiger partial charge is 0.430 e. The van der Waals surface area contributed by atoms with E-state index in [0.29, 0.717) is 43.6 Å². The van der Waals surface area contributed by atoms with Gasteiger partial charge in [0.2, 0.25) is 11.1 Å². The molecule has 1 aromatic rings. The van der Waals surface area contributed by atoms with Crippen molar-refractivity contribution in [3.8, 4) is 11.5 Å². The summed E-state index contributed by atoms with van der Waals surface area (Å²) in [5.41, 5.74) is 1.33. The van der Waals surface area contributed by atoms with Gasteiger partial charge in [-0.1, -0.05) is 26.7 Å². The van der Waals surface area contributed by atoms with Gasteiger partial charge in [-0.3, -0.25) is 0 Å². The number of diazo groups is 1. The number of morpholine rings is 1. The van der Waals surface area contributed by atoms with Crippen LogP contribution in [0.1, 0.15) is 51.1 Å². The van der Waals surface area contributed by atoms with Crippen LogP contribution in [0.2, 0.25) is 0 Å². The lowest BCUT2D eigenvalue weighted by molar-refractivity contribution is 0.0757. The van der Waals surface area contributed by atoms with Crippen LogP contribution in [0.4, 0.5) is 5.69 Å². The van der Waals surface area contributed by atoms with Gasteiger partial charge in [0, 0.05) is 12.1 Å². The maximum Gasteiger partial charge on any atom is 0.430 e. The van der Waals surface area contributed by atoms with Crippen LogP contribution in [0.5, 0.6) is 11.5 Å². The summed E-state index contributed by atoms with van der Waals surface area (Å²) in [7, 11) is 0. The van der Waals surface area contributed by atoms with Crippen LogP contribution in [0.15, 0.2) is 12.1 Å². The fourth-order valence-corrected chi connectivity index (χ4v) is 2.60. The van der Waals surface area contributed by atoms with Gasteiger partial charge in [0.15, 0.2) is 4.98 Å². The van der Waals surface area contributed by atoms with Crippen molar-refractivity contribution >= 4 is 5.69 Å². The number of unbranched alkanes of at least 4 members (excludes halogenated alkanes) is 2. The lowest BCUT2D eigenvalue weighted by Gasteiger charge is -2.25. The van der Waals surface area contributed by atoms with Gasteiger partial charge >= 0.3 is 5.69 Å². The van der Waals surface area contributed by atoms with Gasteiger partial charge in [0.25, 0.3) is 0 Å². The fraction of sp³-hybridized carbons (Fsp3) is 0.667. The van der Waals surface area contributed by atoms with E-state index in [1.807, 2.05) is 6.07 Å². The molecule has 0 bridgehead atoms. The summed E-state index contributed by atoms with van der Waals surface area (Å²) in [5, 5.41) is 12.9. The van der Waals surface area contributed by atoms with Gasteiger partial charge in [-0.15, -0.1) is 0 Å². The number of nitrogens with one attached hydrogen (secondary N) is 1. The van der Waals surface area contributed by atoms with E-state index in [0.717, 1.165) is 37.8 Å². The highest BCUT2D eigenvalue weighted by Gasteiger charge is 2.28. The van der Waals surface area contributed by atoms with E-state index >= 15 is 0 Å². The highest BCUT2D eigenvalue weighted by atomic mass is 16.5. The number of hydrogen-bond acceptors (Lipinski definition) is 5. The quantitative estimate of drug-likeness (QED) is 0.542. The molecule has 24 heavy (non-hydrogen) atoms. The third-order valence-corrected chi connectivity index (χ3v) is 3.99. The lowest BCUT2D eigenvalue weighted by atomic mass is 10.0. The molecule has 1 fully saturated rings. The highest BCUT2D eigenvalue weighted by molar-refractivity contribution is 5.65. The Hall–Kier alpha value is -1.84. The third-order valence-electron chi connectivity index (χ3n) is 3.99. The zero-order valence-corrected chi connectivity index (χ0v) is 14.7. The predicted molar refractivity (Wildman–Crippen MR) is 93.6 cm³/mol. The van der Waals surface area contributed by atoms with Crippen LogP contribution < -0.4 is 14.8 Å². The minimum atomic E-state index is 0.00519. The summed E-state index contributed by atoms with van der Waals surface area (Å²) in [6.45, 7) is 7.52. The molecule has 1 atom stereocenters. The Morgan fingerprint density at radius 2 is 1.96 bits per heavy atom. The monoisotopic (exact) mass is 334 g/mol. The Labute approximate surface area is 144 Å². The largest absolute Gasteiger partial charge is 0.493 e. The molecule has 2 rings (SSSR count). The standard InChI is InChI=1S/C18H28N3O3/c1-3-5-8-23-14-11-15(17-13-22-10-7-20-17)18(16(12-14)21-19)24-9-6-4-2/h11-12,17,20H,3-10,13H2,1-2H3/q+1. The number of ether oxygens (including phenoxy) is 3. The van der Waals surface area contributed by atoms with Crippen LogP contribution in [-0.4, -0.2) is 33.0 Å². The first-order valence-electron chi connectivity index (χ1n) is 8.89. The molecular weight excluding hydrogens is 306 g/mol. The van der Waals surface area contributed by atoms with Crippen molar-refractivity contribution in [1.29, 1.82) is 5.39 Å². The minimum Gasteiger partial charge on any atom is -0.493 e. The minimum absolute atomic E-state index is 0.00519. The second kappa shape index (κ2) is 10.1. The first kappa shape index (κ1) is 18.5. The molecular formula is C18H28N3O3+. The van der Waals surface area contributed by atoms with Gasteiger partial charge in [0.05, 0.1) is 38.5 Å². The molecule has 0 amide bonds. The maximum atomic E-state index is 9.43. The zero-order chi connectivity index (χ0) is 17.2. The Kier molecular flexibility index (Phi) is 7.80. The molecule has 1 N–H and O–H groups in total. The zero-order valence-electron chi connectivity index (χ0n) is 14.7. The van der Waals surface area contributed by atoms with Crippen molar-refractivity contribution in [3.63, 3.8) is 0 Å². The molecule has 0 spiro atoms. The summed E-state index contributed by atoms with van der Waals surface area (Å²) >= 11 is 0. The summed E-state index contributed by atoms with van der Waals surface area (Å²) in [6, 6.07) is 3.70. The molecule has 132 valence electrons. The first-order chi connectivity index (χ1) is 11.8. The second-order valence-electron chi connectivity index (χ2n) is 5.95. The van der Waals surface area contributed by atoms with Crippen molar-refractivity contribution in [2.24, 2.45) is 0 Å². The van der Waals surface area contributed by atoms with E-state index in [1.165, 1.54) is 0 Å². The Morgan fingerprint density at radius 1 is 1.21 bits per heavy atom. The highest BCUT2D eigenvalue weighted by Crippen LogP contribution is 2.40. The molecule has 1 saturated heterocycles. The summed E-state index contributed by atoms with van der Waals surface area (Å²) in [5.74, 6) is 1.30. The first-order valence-corrected chi connectivity index (χ1v) is 8.89. The molecule has 1 heterocycles. The van der Waals surface area contributed by atoms with Gasteiger partial charge < -0.3 is 19.5 Å². The molecule has 1 aromatic carbocycles. The molecule has 0 radical (unpaired) electrons. The predicted octanol–water partition coefficient (Wildman–Crippen LogP) is 4.19. The van der Waals surface area contributed by atoms with Crippen molar-refractivity contribution in [2.75, 3.05) is 33.0 Å². The molecule has 6 heteroatoms. The fourth-order valence-electron chi connectivity index (χ4n) is 2.60. The number of hydrogen-bond donors (Lipinski definition) is 1. The van der Waals surface area contributed by atoms with Gasteiger partial charge in [0.1, 0.15) is 5.75 Å². The van der Waals surface area contributed by atoms with Crippen molar-refractivity contribution < 1.29 is 14.2 Å². The normalized spacial score (nSPS) is 17.3. The van der Waals surface area contributed by atoms with Crippen LogP contribution >= 0.6 is 0 Å². The molecule has 1 unspecified atom stereocenters. The van der Waals surface area contributed by atoms with Crippen LogP contribution in [0.3, 0.4) is 0 Å². The summed E-state index contributed by atoms with van der Waals surface area (Å²) in [6.07, 6.45) is 4.05. The molecule has 6 nitrogen and oxygen atoms in total.